The Labute approximate surface area is 156 Å². The second-order valence-electron chi connectivity index (χ2n) is 6.51. The van der Waals surface area contributed by atoms with E-state index < -0.39 is 29.4 Å². The first kappa shape index (κ1) is 20.3. The lowest BCUT2D eigenvalue weighted by atomic mass is 9.95. The van der Waals surface area contributed by atoms with Crippen molar-refractivity contribution in [3.8, 4) is 0 Å². The molecule has 0 saturated heterocycles. The van der Waals surface area contributed by atoms with Gasteiger partial charge in [0.05, 0.1) is 4.92 Å². The van der Waals surface area contributed by atoms with Crippen molar-refractivity contribution < 1.29 is 24.0 Å². The van der Waals surface area contributed by atoms with Crippen molar-refractivity contribution in [2.75, 3.05) is 6.61 Å². The number of hydrogen-bond acceptors (Lipinski definition) is 6. The highest BCUT2D eigenvalue weighted by Crippen LogP contribution is 2.17. The Morgan fingerprint density at radius 3 is 2.63 bits per heavy atom. The first-order chi connectivity index (χ1) is 12.9. The molecule has 146 valence electrons. The molecule has 2 N–H and O–H groups in total. The monoisotopic (exact) mass is 377 g/mol. The Bertz CT molecular complexity index is 715. The number of hydrogen-bond donors (Lipinski definition) is 2. The first-order valence-electron chi connectivity index (χ1n) is 8.88. The highest BCUT2D eigenvalue weighted by Gasteiger charge is 2.21. The molecule has 27 heavy (non-hydrogen) atoms. The molecule has 1 aliphatic carbocycles. The van der Waals surface area contributed by atoms with E-state index in [2.05, 4.69) is 10.6 Å². The molecule has 0 spiro atoms. The van der Waals surface area contributed by atoms with Crippen LogP contribution >= 0.6 is 0 Å². The molecule has 0 aliphatic heterocycles. The van der Waals surface area contributed by atoms with Gasteiger partial charge in [0.15, 0.2) is 6.61 Å². The number of ether oxygens (including phenoxy) is 1. The van der Waals surface area contributed by atoms with Crippen LogP contribution in [0.1, 0.15) is 49.4 Å². The van der Waals surface area contributed by atoms with Gasteiger partial charge in [-0.2, -0.15) is 0 Å². The zero-order chi connectivity index (χ0) is 19.8. The lowest BCUT2D eigenvalue weighted by molar-refractivity contribution is -0.384. The van der Waals surface area contributed by atoms with Crippen molar-refractivity contribution in [1.29, 1.82) is 0 Å². The van der Waals surface area contributed by atoms with E-state index in [1.807, 2.05) is 0 Å². The minimum Gasteiger partial charge on any atom is -0.454 e. The summed E-state index contributed by atoms with van der Waals surface area (Å²) in [5, 5.41) is 16.0. The maximum Gasteiger partial charge on any atom is 0.328 e. The second kappa shape index (κ2) is 9.65. The van der Waals surface area contributed by atoms with Crippen molar-refractivity contribution in [2.45, 2.75) is 51.1 Å². The summed E-state index contributed by atoms with van der Waals surface area (Å²) in [4.78, 5) is 46.1. The number of nitro groups is 1. The van der Waals surface area contributed by atoms with E-state index in [0.29, 0.717) is 0 Å². The topological polar surface area (TPSA) is 128 Å². The lowest BCUT2D eigenvalue weighted by Crippen LogP contribution is -2.42. The number of non-ortho nitro benzene ring substituents is 1. The van der Waals surface area contributed by atoms with E-state index in [0.717, 1.165) is 31.7 Å². The van der Waals surface area contributed by atoms with E-state index in [-0.39, 0.29) is 23.2 Å². The van der Waals surface area contributed by atoms with Gasteiger partial charge >= 0.3 is 5.97 Å². The predicted molar refractivity (Wildman–Crippen MR) is 96.0 cm³/mol. The highest BCUT2D eigenvalue weighted by atomic mass is 16.6. The van der Waals surface area contributed by atoms with Crippen molar-refractivity contribution in [3.05, 3.63) is 39.9 Å². The van der Waals surface area contributed by atoms with Gasteiger partial charge in [-0.05, 0) is 25.8 Å². The van der Waals surface area contributed by atoms with Crippen LogP contribution in [-0.2, 0) is 14.3 Å². The van der Waals surface area contributed by atoms with E-state index in [9.17, 15) is 24.5 Å². The number of carbonyl (C=O) groups excluding carboxylic acids is 3. The zero-order valence-electron chi connectivity index (χ0n) is 15.1. The van der Waals surface area contributed by atoms with E-state index >= 15 is 0 Å². The van der Waals surface area contributed by atoms with Crippen LogP contribution < -0.4 is 10.6 Å². The summed E-state index contributed by atoms with van der Waals surface area (Å²) in [6.07, 6.45) is 5.17. The van der Waals surface area contributed by atoms with Gasteiger partial charge in [-0.3, -0.25) is 19.7 Å². The minimum absolute atomic E-state index is 0.0545. The van der Waals surface area contributed by atoms with Crippen molar-refractivity contribution in [3.63, 3.8) is 0 Å². The summed E-state index contributed by atoms with van der Waals surface area (Å²) >= 11 is 0. The smallest absolute Gasteiger partial charge is 0.328 e. The fourth-order valence-corrected chi connectivity index (χ4v) is 2.88. The highest BCUT2D eigenvalue weighted by molar-refractivity contribution is 5.97. The van der Waals surface area contributed by atoms with Gasteiger partial charge in [-0.15, -0.1) is 0 Å². The summed E-state index contributed by atoms with van der Waals surface area (Å²) in [6.45, 7) is 1.00. The third-order valence-corrected chi connectivity index (χ3v) is 4.34. The Morgan fingerprint density at radius 2 is 1.96 bits per heavy atom. The number of rotatable bonds is 7. The van der Waals surface area contributed by atoms with Gasteiger partial charge in [-0.1, -0.05) is 25.3 Å². The Kier molecular flexibility index (Phi) is 7.27. The molecule has 2 amide bonds. The normalized spacial score (nSPS) is 15.4. The molecule has 1 aliphatic rings. The zero-order valence-corrected chi connectivity index (χ0v) is 15.1. The molecule has 0 unspecified atom stereocenters. The largest absolute Gasteiger partial charge is 0.454 e. The summed E-state index contributed by atoms with van der Waals surface area (Å²) in [7, 11) is 0. The number of carbonyl (C=O) groups is 3. The summed E-state index contributed by atoms with van der Waals surface area (Å²) in [5.41, 5.74) is -0.170. The van der Waals surface area contributed by atoms with Gasteiger partial charge in [0.2, 0.25) is 0 Å². The van der Waals surface area contributed by atoms with Crippen LogP contribution in [0, 0.1) is 10.1 Å². The fraction of sp³-hybridized carbons (Fsp3) is 0.500. The van der Waals surface area contributed by atoms with Gasteiger partial charge in [0, 0.05) is 23.7 Å². The van der Waals surface area contributed by atoms with Crippen LogP contribution in [0.2, 0.25) is 0 Å². The summed E-state index contributed by atoms with van der Waals surface area (Å²) in [5.74, 6) is -1.77. The molecule has 1 aromatic carbocycles. The molecule has 1 saturated carbocycles. The molecule has 2 rings (SSSR count). The molecule has 1 fully saturated rings. The van der Waals surface area contributed by atoms with Gasteiger partial charge in [0.1, 0.15) is 6.04 Å². The molecule has 0 aromatic heterocycles. The average molecular weight is 377 g/mol. The maximum absolute atomic E-state index is 12.1. The van der Waals surface area contributed by atoms with Gasteiger partial charge in [0.25, 0.3) is 17.5 Å². The van der Waals surface area contributed by atoms with Crippen LogP contribution in [0.25, 0.3) is 0 Å². The Hall–Kier alpha value is -2.97. The SMILES string of the molecule is C[C@H](NC(=O)c1cccc([N+](=O)[O-])c1)C(=O)OCC(=O)NC1CCCCC1. The average Bonchev–Trinajstić information content (AvgIpc) is 2.66. The maximum atomic E-state index is 12.1. The standard InChI is InChI=1S/C18H23N3O6/c1-12(19-17(23)13-6-5-9-15(10-13)21(25)26)18(24)27-11-16(22)20-14-7-3-2-4-8-14/h5-6,9-10,12,14H,2-4,7-8,11H2,1H3,(H,19,23)(H,20,22)/t12-/m0/s1. The van der Waals surface area contributed by atoms with Crippen LogP contribution in [0.4, 0.5) is 5.69 Å². The number of amides is 2. The third kappa shape index (κ3) is 6.36. The van der Waals surface area contributed by atoms with E-state index in [1.165, 1.54) is 31.5 Å². The van der Waals surface area contributed by atoms with Gasteiger partial charge in [-0.25, -0.2) is 4.79 Å². The number of nitrogens with one attached hydrogen (secondary N) is 2. The fourth-order valence-electron chi connectivity index (χ4n) is 2.88. The van der Waals surface area contributed by atoms with Crippen LogP contribution in [0.5, 0.6) is 0 Å². The molecule has 0 bridgehead atoms. The minimum atomic E-state index is -1.00. The van der Waals surface area contributed by atoms with Crippen LogP contribution in [0.3, 0.4) is 0 Å². The second-order valence-corrected chi connectivity index (χ2v) is 6.51. The molecular formula is C18H23N3O6. The molecule has 1 atom stereocenters. The predicted octanol–water partition coefficient (Wildman–Crippen LogP) is 1.71. The first-order valence-corrected chi connectivity index (χ1v) is 8.88. The molecule has 9 nitrogen and oxygen atoms in total. The summed E-state index contributed by atoms with van der Waals surface area (Å²) < 4.78 is 4.93. The van der Waals surface area contributed by atoms with E-state index in [1.54, 1.807) is 0 Å². The van der Waals surface area contributed by atoms with E-state index in [4.69, 9.17) is 4.74 Å². The lowest BCUT2D eigenvalue weighted by Gasteiger charge is -2.22. The van der Waals surface area contributed by atoms with Gasteiger partial charge < -0.3 is 15.4 Å². The Morgan fingerprint density at radius 1 is 1.26 bits per heavy atom. The number of nitrogens with zero attached hydrogens (tertiary/aromatic N) is 1. The molecule has 9 heteroatoms. The van der Waals surface area contributed by atoms with Crippen LogP contribution in [0.15, 0.2) is 24.3 Å². The molecule has 0 radical (unpaired) electrons. The molecule has 0 heterocycles. The van der Waals surface area contributed by atoms with Crippen molar-refractivity contribution >= 4 is 23.5 Å². The molecular weight excluding hydrogens is 354 g/mol. The third-order valence-electron chi connectivity index (χ3n) is 4.34. The molecule has 1 aromatic rings. The Balaban J connectivity index is 1.79. The number of esters is 1. The van der Waals surface area contributed by atoms with Crippen LogP contribution in [-0.4, -0.2) is 41.4 Å². The number of nitro benzene ring substituents is 1. The summed E-state index contributed by atoms with van der Waals surface area (Å²) in [6, 6.07) is 4.28. The number of benzene rings is 1. The van der Waals surface area contributed by atoms with Crippen molar-refractivity contribution in [1.82, 2.24) is 10.6 Å². The van der Waals surface area contributed by atoms with Crippen molar-refractivity contribution in [2.24, 2.45) is 0 Å². The quantitative estimate of drug-likeness (QED) is 0.423.